The van der Waals surface area contributed by atoms with E-state index in [1.165, 1.54) is 21.1 Å². The zero-order valence-corrected chi connectivity index (χ0v) is 11.6. The average Bonchev–Trinajstić information content (AvgIpc) is 2.57. The molecule has 2 fully saturated rings. The second-order valence-electron chi connectivity index (χ2n) is 4.65. The van der Waals surface area contributed by atoms with Gasteiger partial charge in [-0.25, -0.2) is 0 Å². The average molecular weight is 283 g/mol. The van der Waals surface area contributed by atoms with Crippen molar-refractivity contribution in [3.8, 4) is 0 Å². The van der Waals surface area contributed by atoms with E-state index in [-0.39, 0.29) is 5.97 Å². The number of hydrogen-bond acceptors (Lipinski definition) is 4. The van der Waals surface area contributed by atoms with Crippen molar-refractivity contribution in [2.75, 3.05) is 14.2 Å². The number of ether oxygens (including phenoxy) is 3. The molecular formula is C11H16Cl2O4. The minimum atomic E-state index is -1.11. The van der Waals surface area contributed by atoms with E-state index in [1.54, 1.807) is 0 Å². The molecule has 17 heavy (non-hydrogen) atoms. The number of carbonyl (C=O) groups is 1. The highest BCUT2D eigenvalue weighted by atomic mass is 35.5. The van der Waals surface area contributed by atoms with Crippen molar-refractivity contribution in [3.63, 3.8) is 0 Å². The van der Waals surface area contributed by atoms with E-state index in [9.17, 15) is 4.79 Å². The number of fused-ring (bicyclic) bond motifs is 2. The molecule has 6 heteroatoms. The minimum Gasteiger partial charge on any atom is -0.460 e. The molecule has 2 aliphatic rings. The van der Waals surface area contributed by atoms with E-state index in [0.29, 0.717) is 19.3 Å². The molecule has 0 amide bonds. The second kappa shape index (κ2) is 3.98. The molecule has 0 aromatic heterocycles. The van der Waals surface area contributed by atoms with E-state index in [2.05, 4.69) is 0 Å². The lowest BCUT2D eigenvalue weighted by molar-refractivity contribution is -0.225. The zero-order chi connectivity index (χ0) is 12.9. The maximum absolute atomic E-state index is 11.1. The number of esters is 1. The summed E-state index contributed by atoms with van der Waals surface area (Å²) in [6.45, 7) is 1.36. The largest absolute Gasteiger partial charge is 0.460 e. The first-order valence-corrected chi connectivity index (χ1v) is 6.26. The Hall–Kier alpha value is -0.0300. The molecule has 2 aliphatic carbocycles. The van der Waals surface area contributed by atoms with Crippen LogP contribution in [0.5, 0.6) is 0 Å². The highest BCUT2D eigenvalue weighted by Gasteiger charge is 2.78. The third kappa shape index (κ3) is 1.47. The van der Waals surface area contributed by atoms with Crippen molar-refractivity contribution < 1.29 is 19.0 Å². The topological polar surface area (TPSA) is 44.8 Å². The van der Waals surface area contributed by atoms with E-state index in [1.807, 2.05) is 0 Å². The molecule has 2 saturated carbocycles. The van der Waals surface area contributed by atoms with Crippen LogP contribution in [0.2, 0.25) is 0 Å². The standard InChI is InChI=1S/C11H16Cl2O4/c1-7(14)17-8-6-9(12)4-5-10(8,13)11(9,15-2)16-3/h8H,4-6H2,1-3H3/t8-,9+,10+/m0/s1. The minimum absolute atomic E-state index is 0.371. The van der Waals surface area contributed by atoms with Gasteiger partial charge in [0.15, 0.2) is 0 Å². The molecule has 3 atom stereocenters. The van der Waals surface area contributed by atoms with Crippen LogP contribution >= 0.6 is 23.2 Å². The molecule has 0 radical (unpaired) electrons. The molecule has 0 aromatic carbocycles. The van der Waals surface area contributed by atoms with Gasteiger partial charge in [-0.3, -0.25) is 4.79 Å². The van der Waals surface area contributed by atoms with Crippen molar-refractivity contribution in [2.45, 2.75) is 47.8 Å². The van der Waals surface area contributed by atoms with Crippen LogP contribution in [0.4, 0.5) is 0 Å². The molecule has 0 spiro atoms. The molecule has 2 bridgehead atoms. The Balaban J connectivity index is 2.40. The molecule has 0 aliphatic heterocycles. The lowest BCUT2D eigenvalue weighted by atomic mass is 9.96. The molecule has 2 rings (SSSR count). The number of methoxy groups -OCH3 is 2. The Kier molecular flexibility index (Phi) is 3.14. The summed E-state index contributed by atoms with van der Waals surface area (Å²) in [6.07, 6.45) is 1.24. The van der Waals surface area contributed by atoms with Crippen molar-refractivity contribution in [1.29, 1.82) is 0 Å². The van der Waals surface area contributed by atoms with Crippen LogP contribution in [-0.4, -0.2) is 41.8 Å². The summed E-state index contributed by atoms with van der Waals surface area (Å²) < 4.78 is 16.2. The fourth-order valence-corrected chi connectivity index (χ4v) is 4.43. The highest BCUT2D eigenvalue weighted by Crippen LogP contribution is 2.66. The van der Waals surface area contributed by atoms with Crippen molar-refractivity contribution >= 4 is 29.2 Å². The van der Waals surface area contributed by atoms with E-state index >= 15 is 0 Å². The third-order valence-electron chi connectivity index (χ3n) is 3.92. The van der Waals surface area contributed by atoms with Gasteiger partial charge in [0.2, 0.25) is 5.79 Å². The fraction of sp³-hybridized carbons (Fsp3) is 0.909. The van der Waals surface area contributed by atoms with Crippen molar-refractivity contribution in [1.82, 2.24) is 0 Å². The first-order chi connectivity index (χ1) is 7.85. The Labute approximate surface area is 110 Å². The van der Waals surface area contributed by atoms with Crippen LogP contribution in [0.1, 0.15) is 26.2 Å². The SMILES string of the molecule is COC1(OC)[C@@]2(Cl)CC[C@@]1(Cl)[C@@H](OC(C)=O)C2. The van der Waals surface area contributed by atoms with Gasteiger partial charge in [0.1, 0.15) is 15.9 Å². The molecular weight excluding hydrogens is 267 g/mol. The first kappa shape index (κ1) is 13.4. The number of carbonyl (C=O) groups excluding carboxylic acids is 1. The van der Waals surface area contributed by atoms with Gasteiger partial charge in [-0.2, -0.15) is 0 Å². The highest BCUT2D eigenvalue weighted by molar-refractivity contribution is 6.31. The summed E-state index contributed by atoms with van der Waals surface area (Å²) in [7, 11) is 3.03. The summed E-state index contributed by atoms with van der Waals surface area (Å²) in [5, 5.41) is 0. The Morgan fingerprint density at radius 1 is 1.24 bits per heavy atom. The van der Waals surface area contributed by atoms with Gasteiger partial charge < -0.3 is 14.2 Å². The Morgan fingerprint density at radius 2 is 1.82 bits per heavy atom. The van der Waals surface area contributed by atoms with Crippen molar-refractivity contribution in [3.05, 3.63) is 0 Å². The van der Waals surface area contributed by atoms with Crippen LogP contribution in [0, 0.1) is 0 Å². The zero-order valence-electron chi connectivity index (χ0n) is 10.1. The van der Waals surface area contributed by atoms with E-state index in [0.717, 1.165) is 0 Å². The lowest BCUT2D eigenvalue weighted by Gasteiger charge is -2.40. The van der Waals surface area contributed by atoms with Crippen LogP contribution in [0.3, 0.4) is 0 Å². The summed E-state index contributed by atoms with van der Waals surface area (Å²) >= 11 is 13.2. The Bertz CT molecular complexity index is 344. The van der Waals surface area contributed by atoms with Gasteiger partial charge in [0, 0.05) is 27.6 Å². The normalized spacial score (nSPS) is 42.8. The van der Waals surface area contributed by atoms with Gasteiger partial charge in [0.25, 0.3) is 0 Å². The van der Waals surface area contributed by atoms with Gasteiger partial charge in [-0.05, 0) is 12.8 Å². The van der Waals surface area contributed by atoms with E-state index < -0.39 is 21.6 Å². The predicted molar refractivity (Wildman–Crippen MR) is 63.3 cm³/mol. The van der Waals surface area contributed by atoms with E-state index in [4.69, 9.17) is 37.4 Å². The molecule has 98 valence electrons. The quantitative estimate of drug-likeness (QED) is 0.452. The fourth-order valence-electron chi connectivity index (χ4n) is 3.27. The van der Waals surface area contributed by atoms with Crippen LogP contribution < -0.4 is 0 Å². The molecule has 4 nitrogen and oxygen atoms in total. The Morgan fingerprint density at radius 3 is 2.24 bits per heavy atom. The second-order valence-corrected chi connectivity index (χ2v) is 6.05. The monoisotopic (exact) mass is 282 g/mol. The first-order valence-electron chi connectivity index (χ1n) is 5.50. The molecule has 0 unspecified atom stereocenters. The van der Waals surface area contributed by atoms with Crippen LogP contribution in [0.15, 0.2) is 0 Å². The number of alkyl halides is 2. The molecule has 0 saturated heterocycles. The lowest BCUT2D eigenvalue weighted by Crippen LogP contribution is -2.56. The summed E-state index contributed by atoms with van der Waals surface area (Å²) in [5.41, 5.74) is 0. The number of rotatable bonds is 3. The third-order valence-corrected chi connectivity index (χ3v) is 5.20. The smallest absolute Gasteiger partial charge is 0.302 e. The summed E-state index contributed by atoms with van der Waals surface area (Å²) in [4.78, 5) is 9.45. The summed E-state index contributed by atoms with van der Waals surface area (Å²) in [6, 6.07) is 0. The van der Waals surface area contributed by atoms with Gasteiger partial charge in [-0.15, -0.1) is 23.2 Å². The van der Waals surface area contributed by atoms with Crippen LogP contribution in [0.25, 0.3) is 0 Å². The van der Waals surface area contributed by atoms with Gasteiger partial charge >= 0.3 is 5.97 Å². The number of halogens is 2. The van der Waals surface area contributed by atoms with Crippen molar-refractivity contribution in [2.24, 2.45) is 0 Å². The van der Waals surface area contributed by atoms with Crippen LogP contribution in [-0.2, 0) is 19.0 Å². The molecule has 0 aromatic rings. The predicted octanol–water partition coefficient (Wildman–Crippen LogP) is 2.06. The number of hydrogen-bond donors (Lipinski definition) is 0. The molecule has 0 N–H and O–H groups in total. The molecule has 0 heterocycles. The van der Waals surface area contributed by atoms with Gasteiger partial charge in [0.05, 0.1) is 0 Å². The summed E-state index contributed by atoms with van der Waals surface area (Å²) in [5.74, 6) is -1.48. The maximum Gasteiger partial charge on any atom is 0.302 e. The van der Waals surface area contributed by atoms with Gasteiger partial charge in [-0.1, -0.05) is 0 Å². The maximum atomic E-state index is 11.1.